The molecule has 0 spiro atoms. The number of rotatable bonds is 8. The van der Waals surface area contributed by atoms with E-state index >= 15 is 0 Å². The van der Waals surface area contributed by atoms with Gasteiger partial charge in [0.15, 0.2) is 4.34 Å². The quantitative estimate of drug-likeness (QED) is 0.402. The molecular weight excluding hydrogens is 424 g/mol. The normalized spacial score (nSPS) is 10.4. The zero-order chi connectivity index (χ0) is 21.5. The number of thioether (sulfide) groups is 1. The molecule has 3 aromatic rings. The van der Waals surface area contributed by atoms with Crippen molar-refractivity contribution < 1.29 is 19.1 Å². The van der Waals surface area contributed by atoms with Crippen LogP contribution in [-0.2, 0) is 4.79 Å². The molecule has 0 unspecified atom stereocenters. The Labute approximate surface area is 182 Å². The second-order valence-electron chi connectivity index (χ2n) is 6.05. The summed E-state index contributed by atoms with van der Waals surface area (Å²) in [5.74, 6) is 0.641. The predicted molar refractivity (Wildman–Crippen MR) is 118 cm³/mol. The summed E-state index contributed by atoms with van der Waals surface area (Å²) in [5, 5.41) is 13.9. The Hall–Kier alpha value is -3.11. The average Bonchev–Trinajstić information content (AvgIpc) is 3.20. The molecule has 1 heterocycles. The Morgan fingerprint density at radius 2 is 1.87 bits per heavy atom. The van der Waals surface area contributed by atoms with Gasteiger partial charge in [-0.15, -0.1) is 10.2 Å². The number of carbonyl (C=O) groups is 2. The highest BCUT2D eigenvalue weighted by Crippen LogP contribution is 2.28. The maximum absolute atomic E-state index is 12.5. The van der Waals surface area contributed by atoms with Crippen LogP contribution in [-0.4, -0.2) is 42.0 Å². The maximum atomic E-state index is 12.5. The zero-order valence-electron chi connectivity index (χ0n) is 16.6. The molecule has 2 amide bonds. The Morgan fingerprint density at radius 1 is 1.07 bits per heavy atom. The molecule has 0 saturated heterocycles. The highest BCUT2D eigenvalue weighted by molar-refractivity contribution is 8.01. The minimum Gasteiger partial charge on any atom is -0.497 e. The lowest BCUT2D eigenvalue weighted by molar-refractivity contribution is -0.113. The van der Waals surface area contributed by atoms with E-state index in [0.29, 0.717) is 26.5 Å². The maximum Gasteiger partial charge on any atom is 0.261 e. The molecule has 0 aliphatic carbocycles. The first-order valence-corrected chi connectivity index (χ1v) is 10.7. The van der Waals surface area contributed by atoms with E-state index in [9.17, 15) is 9.59 Å². The number of amides is 2. The van der Waals surface area contributed by atoms with Crippen molar-refractivity contribution in [3.05, 3.63) is 53.6 Å². The largest absolute Gasteiger partial charge is 0.497 e. The summed E-state index contributed by atoms with van der Waals surface area (Å²) < 4.78 is 11.0. The van der Waals surface area contributed by atoms with Gasteiger partial charge in [-0.3, -0.25) is 14.9 Å². The first kappa shape index (κ1) is 21.6. The lowest BCUT2D eigenvalue weighted by Gasteiger charge is -2.09. The number of anilines is 2. The standard InChI is InChI=1S/C20H20N4O4S2/c1-12-6-4-5-7-15(12)21-17(25)11-29-20-24-23-19(30-20)22-18(26)14-9-8-13(27-2)10-16(14)28-3/h4-10H,11H2,1-3H3,(H,21,25)(H,22,23,26). The van der Waals surface area contributed by atoms with Crippen LogP contribution in [0.3, 0.4) is 0 Å². The molecule has 0 atom stereocenters. The van der Waals surface area contributed by atoms with Gasteiger partial charge in [0.05, 0.1) is 25.5 Å². The van der Waals surface area contributed by atoms with Crippen LogP contribution < -0.4 is 20.1 Å². The van der Waals surface area contributed by atoms with Gasteiger partial charge in [-0.25, -0.2) is 0 Å². The fourth-order valence-electron chi connectivity index (χ4n) is 2.50. The third-order valence-corrected chi connectivity index (χ3v) is 6.00. The molecule has 156 valence electrons. The van der Waals surface area contributed by atoms with Crippen molar-refractivity contribution >= 4 is 45.7 Å². The summed E-state index contributed by atoms with van der Waals surface area (Å²) in [6, 6.07) is 12.5. The van der Waals surface area contributed by atoms with Crippen LogP contribution >= 0.6 is 23.1 Å². The third kappa shape index (κ3) is 5.49. The molecule has 8 nitrogen and oxygen atoms in total. The van der Waals surface area contributed by atoms with Crippen LogP contribution in [0.25, 0.3) is 0 Å². The highest BCUT2D eigenvalue weighted by Gasteiger charge is 2.16. The number of hydrogen-bond acceptors (Lipinski definition) is 8. The fourth-order valence-corrected chi connectivity index (χ4v) is 4.04. The summed E-state index contributed by atoms with van der Waals surface area (Å²) in [6.07, 6.45) is 0. The number of aromatic nitrogens is 2. The molecule has 0 aliphatic rings. The molecule has 2 N–H and O–H groups in total. The van der Waals surface area contributed by atoms with Crippen LogP contribution in [0.5, 0.6) is 11.5 Å². The smallest absolute Gasteiger partial charge is 0.261 e. The summed E-state index contributed by atoms with van der Waals surface area (Å²) in [7, 11) is 3.02. The topological polar surface area (TPSA) is 102 Å². The number of benzene rings is 2. The zero-order valence-corrected chi connectivity index (χ0v) is 18.2. The number of aryl methyl sites for hydroxylation is 1. The van der Waals surface area contributed by atoms with E-state index in [1.165, 1.54) is 37.3 Å². The molecule has 0 fully saturated rings. The summed E-state index contributed by atoms with van der Waals surface area (Å²) >= 11 is 2.44. The SMILES string of the molecule is COc1ccc(C(=O)Nc2nnc(SCC(=O)Nc3ccccc3C)s2)c(OC)c1. The van der Waals surface area contributed by atoms with Crippen LogP contribution in [0, 0.1) is 6.92 Å². The molecule has 10 heteroatoms. The third-order valence-electron chi connectivity index (χ3n) is 4.03. The van der Waals surface area contributed by atoms with Crippen molar-refractivity contribution in [2.45, 2.75) is 11.3 Å². The number of carbonyl (C=O) groups excluding carboxylic acids is 2. The molecule has 2 aromatic carbocycles. The van der Waals surface area contributed by atoms with Gasteiger partial charge in [0, 0.05) is 11.8 Å². The van der Waals surface area contributed by atoms with Crippen molar-refractivity contribution in [3.63, 3.8) is 0 Å². The summed E-state index contributed by atoms with van der Waals surface area (Å²) in [6.45, 7) is 1.93. The monoisotopic (exact) mass is 444 g/mol. The van der Waals surface area contributed by atoms with E-state index in [4.69, 9.17) is 9.47 Å². The number of nitrogens with zero attached hydrogens (tertiary/aromatic N) is 2. The average molecular weight is 445 g/mol. The van der Waals surface area contributed by atoms with E-state index < -0.39 is 0 Å². The lowest BCUT2D eigenvalue weighted by Crippen LogP contribution is -2.14. The number of hydrogen-bond donors (Lipinski definition) is 2. The minimum atomic E-state index is -0.375. The van der Waals surface area contributed by atoms with Crippen LogP contribution in [0.2, 0.25) is 0 Å². The van der Waals surface area contributed by atoms with E-state index in [2.05, 4.69) is 20.8 Å². The Kier molecular flexibility index (Phi) is 7.26. The molecule has 0 radical (unpaired) electrons. The Bertz CT molecular complexity index is 1050. The number of methoxy groups -OCH3 is 2. The molecule has 30 heavy (non-hydrogen) atoms. The van der Waals surface area contributed by atoms with Gasteiger partial charge < -0.3 is 14.8 Å². The number of nitrogens with one attached hydrogen (secondary N) is 2. The van der Waals surface area contributed by atoms with Gasteiger partial charge in [-0.05, 0) is 30.7 Å². The van der Waals surface area contributed by atoms with Crippen molar-refractivity contribution in [3.8, 4) is 11.5 Å². The van der Waals surface area contributed by atoms with E-state index in [-0.39, 0.29) is 17.6 Å². The Balaban J connectivity index is 1.57. The van der Waals surface area contributed by atoms with Gasteiger partial charge in [-0.2, -0.15) is 0 Å². The van der Waals surface area contributed by atoms with Crippen molar-refractivity contribution in [2.75, 3.05) is 30.6 Å². The number of ether oxygens (including phenoxy) is 2. The fraction of sp³-hybridized carbons (Fsp3) is 0.200. The van der Waals surface area contributed by atoms with Crippen LogP contribution in [0.15, 0.2) is 46.8 Å². The van der Waals surface area contributed by atoms with Gasteiger partial charge in [0.1, 0.15) is 11.5 Å². The van der Waals surface area contributed by atoms with Crippen LogP contribution in [0.1, 0.15) is 15.9 Å². The second kappa shape index (κ2) is 10.1. The van der Waals surface area contributed by atoms with E-state index in [1.54, 1.807) is 18.2 Å². The second-order valence-corrected chi connectivity index (χ2v) is 8.25. The minimum absolute atomic E-state index is 0.141. The molecule has 0 saturated carbocycles. The number of para-hydroxylation sites is 1. The highest BCUT2D eigenvalue weighted by atomic mass is 32.2. The molecule has 0 aliphatic heterocycles. The van der Waals surface area contributed by atoms with E-state index in [1.807, 2.05) is 31.2 Å². The molecule has 3 rings (SSSR count). The first-order valence-electron chi connectivity index (χ1n) is 8.85. The van der Waals surface area contributed by atoms with E-state index in [0.717, 1.165) is 11.3 Å². The first-order chi connectivity index (χ1) is 14.5. The van der Waals surface area contributed by atoms with Gasteiger partial charge in [0.2, 0.25) is 11.0 Å². The summed E-state index contributed by atoms with van der Waals surface area (Å²) in [5.41, 5.74) is 2.12. The van der Waals surface area contributed by atoms with Gasteiger partial charge in [-0.1, -0.05) is 41.3 Å². The molecule has 0 bridgehead atoms. The van der Waals surface area contributed by atoms with Gasteiger partial charge in [0.25, 0.3) is 5.91 Å². The van der Waals surface area contributed by atoms with Crippen molar-refractivity contribution in [1.82, 2.24) is 10.2 Å². The molecular formula is C20H20N4O4S2. The Morgan fingerprint density at radius 3 is 2.60 bits per heavy atom. The predicted octanol–water partition coefficient (Wildman–Crippen LogP) is 3.85. The van der Waals surface area contributed by atoms with Crippen molar-refractivity contribution in [1.29, 1.82) is 0 Å². The van der Waals surface area contributed by atoms with Crippen LogP contribution in [0.4, 0.5) is 10.8 Å². The van der Waals surface area contributed by atoms with Crippen molar-refractivity contribution in [2.24, 2.45) is 0 Å². The molecule has 1 aromatic heterocycles. The lowest BCUT2D eigenvalue weighted by atomic mass is 10.2. The van der Waals surface area contributed by atoms with Gasteiger partial charge >= 0.3 is 0 Å². The summed E-state index contributed by atoms with van der Waals surface area (Å²) in [4.78, 5) is 24.7.